The first kappa shape index (κ1) is 9.86. The van der Waals surface area contributed by atoms with Crippen LogP contribution in [0.15, 0.2) is 24.3 Å². The van der Waals surface area contributed by atoms with E-state index in [0.29, 0.717) is 12.0 Å². The Bertz CT molecular complexity index is 427. The summed E-state index contributed by atoms with van der Waals surface area (Å²) in [5.41, 5.74) is 2.84. The zero-order valence-corrected chi connectivity index (χ0v) is 9.32. The molecule has 3 atom stereocenters. The van der Waals surface area contributed by atoms with Crippen LogP contribution in [-0.2, 0) is 0 Å². The van der Waals surface area contributed by atoms with Crippen molar-refractivity contribution in [2.75, 3.05) is 6.54 Å². The van der Waals surface area contributed by atoms with Crippen molar-refractivity contribution in [1.82, 2.24) is 5.32 Å². The fourth-order valence-electron chi connectivity index (χ4n) is 2.80. The second-order valence-corrected chi connectivity index (χ2v) is 4.86. The molecule has 1 aromatic carbocycles. The lowest BCUT2D eigenvalue weighted by Crippen LogP contribution is -2.14. The molecule has 1 aliphatic heterocycles. The highest BCUT2D eigenvalue weighted by Gasteiger charge is 2.40. The van der Waals surface area contributed by atoms with Gasteiger partial charge in [0, 0.05) is 12.0 Å². The summed E-state index contributed by atoms with van der Waals surface area (Å²) < 4.78 is 0. The van der Waals surface area contributed by atoms with Crippen LogP contribution in [0.2, 0.25) is 0 Å². The van der Waals surface area contributed by atoms with E-state index in [1.54, 1.807) is 0 Å². The molecule has 2 aliphatic rings. The molecule has 16 heavy (non-hydrogen) atoms. The van der Waals surface area contributed by atoms with Gasteiger partial charge < -0.3 is 5.32 Å². The molecule has 1 saturated carbocycles. The van der Waals surface area contributed by atoms with E-state index in [0.717, 1.165) is 13.0 Å². The van der Waals surface area contributed by atoms with Gasteiger partial charge in [-0.05, 0) is 36.9 Å². The Kier molecular flexibility index (Phi) is 2.41. The van der Waals surface area contributed by atoms with Crippen molar-refractivity contribution < 1.29 is 0 Å². The summed E-state index contributed by atoms with van der Waals surface area (Å²) in [6.45, 7) is 1.13. The van der Waals surface area contributed by atoms with Crippen LogP contribution in [0.5, 0.6) is 0 Å². The zero-order valence-electron chi connectivity index (χ0n) is 9.32. The van der Waals surface area contributed by atoms with E-state index in [-0.39, 0.29) is 5.92 Å². The quantitative estimate of drug-likeness (QED) is 0.818. The minimum atomic E-state index is 0.266. The number of benzene rings is 1. The van der Waals surface area contributed by atoms with Gasteiger partial charge >= 0.3 is 0 Å². The van der Waals surface area contributed by atoms with Crippen LogP contribution in [0.1, 0.15) is 42.3 Å². The van der Waals surface area contributed by atoms with Gasteiger partial charge in [0.05, 0.1) is 12.0 Å². The van der Waals surface area contributed by atoms with E-state index >= 15 is 0 Å². The first-order valence-corrected chi connectivity index (χ1v) is 6.12. The maximum Gasteiger partial charge on any atom is 0.0662 e. The number of nitrogens with zero attached hydrogens (tertiary/aromatic N) is 1. The predicted molar refractivity (Wildman–Crippen MR) is 62.9 cm³/mol. The van der Waals surface area contributed by atoms with Gasteiger partial charge in [0.25, 0.3) is 0 Å². The monoisotopic (exact) mass is 212 g/mol. The highest BCUT2D eigenvalue weighted by molar-refractivity contribution is 5.38. The number of hydrogen-bond acceptors (Lipinski definition) is 2. The summed E-state index contributed by atoms with van der Waals surface area (Å²) in [4.78, 5) is 0. The van der Waals surface area contributed by atoms with E-state index < -0.39 is 0 Å². The molecule has 3 unspecified atom stereocenters. The SMILES string of the molecule is N#CC1CC1c1ccccc1C1CCCN1. The number of nitrogens with one attached hydrogen (secondary N) is 1. The Labute approximate surface area is 96.3 Å². The Morgan fingerprint density at radius 1 is 1.25 bits per heavy atom. The van der Waals surface area contributed by atoms with Crippen molar-refractivity contribution in [3.8, 4) is 6.07 Å². The van der Waals surface area contributed by atoms with E-state index in [2.05, 4.69) is 35.7 Å². The second-order valence-electron chi connectivity index (χ2n) is 4.86. The predicted octanol–water partition coefficient (Wildman–Crippen LogP) is 2.74. The van der Waals surface area contributed by atoms with Gasteiger partial charge in [-0.1, -0.05) is 24.3 Å². The van der Waals surface area contributed by atoms with Crippen LogP contribution in [-0.4, -0.2) is 6.54 Å². The van der Waals surface area contributed by atoms with Crippen LogP contribution in [0, 0.1) is 17.2 Å². The molecule has 3 rings (SSSR count). The first-order valence-electron chi connectivity index (χ1n) is 6.12. The molecule has 2 fully saturated rings. The minimum Gasteiger partial charge on any atom is -0.310 e. The van der Waals surface area contributed by atoms with Gasteiger partial charge in [0.1, 0.15) is 0 Å². The molecular formula is C14H16N2. The first-order chi connectivity index (χ1) is 7.90. The van der Waals surface area contributed by atoms with Crippen LogP contribution in [0.25, 0.3) is 0 Å². The molecule has 0 amide bonds. The van der Waals surface area contributed by atoms with Crippen LogP contribution < -0.4 is 5.32 Å². The summed E-state index contributed by atoms with van der Waals surface area (Å²) in [7, 11) is 0. The summed E-state index contributed by atoms with van der Waals surface area (Å²) in [5.74, 6) is 0.770. The second kappa shape index (κ2) is 3.92. The van der Waals surface area contributed by atoms with Gasteiger partial charge in [-0.3, -0.25) is 0 Å². The standard InChI is InChI=1S/C14H16N2/c15-9-10-8-13(10)11-4-1-2-5-12(11)14-6-3-7-16-14/h1-2,4-5,10,13-14,16H,3,6-8H2. The number of rotatable bonds is 2. The fraction of sp³-hybridized carbons (Fsp3) is 0.500. The Morgan fingerprint density at radius 3 is 2.69 bits per heavy atom. The normalized spacial score (nSPS) is 32.3. The maximum absolute atomic E-state index is 8.93. The highest BCUT2D eigenvalue weighted by Crippen LogP contribution is 2.49. The Balaban J connectivity index is 1.90. The van der Waals surface area contributed by atoms with E-state index in [4.69, 9.17) is 5.26 Å². The summed E-state index contributed by atoms with van der Waals surface area (Å²) in [5, 5.41) is 12.5. The molecule has 0 radical (unpaired) electrons. The lowest BCUT2D eigenvalue weighted by Gasteiger charge is -2.15. The molecule has 1 aromatic rings. The largest absolute Gasteiger partial charge is 0.310 e. The van der Waals surface area contributed by atoms with E-state index in [9.17, 15) is 0 Å². The van der Waals surface area contributed by atoms with Gasteiger partial charge in [0.2, 0.25) is 0 Å². The lowest BCUT2D eigenvalue weighted by molar-refractivity contribution is 0.639. The van der Waals surface area contributed by atoms with Crippen LogP contribution in [0.4, 0.5) is 0 Å². The highest BCUT2D eigenvalue weighted by atomic mass is 14.9. The summed E-state index contributed by atoms with van der Waals surface area (Å²) in [6.07, 6.45) is 3.56. The molecule has 0 aromatic heterocycles. The summed E-state index contributed by atoms with van der Waals surface area (Å²) in [6, 6.07) is 11.6. The maximum atomic E-state index is 8.93. The Morgan fingerprint density at radius 2 is 2.06 bits per heavy atom. The van der Waals surface area contributed by atoms with Gasteiger partial charge in [-0.25, -0.2) is 0 Å². The topological polar surface area (TPSA) is 35.8 Å². The van der Waals surface area contributed by atoms with Crippen molar-refractivity contribution in [3.63, 3.8) is 0 Å². The van der Waals surface area contributed by atoms with Crippen molar-refractivity contribution >= 4 is 0 Å². The third kappa shape index (κ3) is 1.62. The molecule has 2 nitrogen and oxygen atoms in total. The minimum absolute atomic E-state index is 0.266. The molecule has 82 valence electrons. The molecule has 2 heteroatoms. The van der Waals surface area contributed by atoms with Crippen molar-refractivity contribution in [2.45, 2.75) is 31.2 Å². The zero-order chi connectivity index (χ0) is 11.0. The third-order valence-electron chi connectivity index (χ3n) is 3.79. The van der Waals surface area contributed by atoms with Crippen LogP contribution >= 0.6 is 0 Å². The average Bonchev–Trinajstić information content (AvgIpc) is 2.93. The van der Waals surface area contributed by atoms with E-state index in [1.807, 2.05) is 0 Å². The Hall–Kier alpha value is -1.33. The third-order valence-corrected chi connectivity index (χ3v) is 3.79. The van der Waals surface area contributed by atoms with Crippen molar-refractivity contribution in [2.24, 2.45) is 5.92 Å². The fourth-order valence-corrected chi connectivity index (χ4v) is 2.80. The van der Waals surface area contributed by atoms with Crippen molar-refractivity contribution in [1.29, 1.82) is 5.26 Å². The van der Waals surface area contributed by atoms with Crippen molar-refractivity contribution in [3.05, 3.63) is 35.4 Å². The molecule has 0 spiro atoms. The molecular weight excluding hydrogens is 196 g/mol. The number of hydrogen-bond donors (Lipinski definition) is 1. The van der Waals surface area contributed by atoms with Gasteiger partial charge in [0.15, 0.2) is 0 Å². The molecule has 1 saturated heterocycles. The number of nitriles is 1. The molecule has 0 bridgehead atoms. The molecule has 1 N–H and O–H groups in total. The average molecular weight is 212 g/mol. The summed E-state index contributed by atoms with van der Waals surface area (Å²) >= 11 is 0. The smallest absolute Gasteiger partial charge is 0.0662 e. The lowest BCUT2D eigenvalue weighted by atomic mass is 9.95. The molecule has 1 aliphatic carbocycles. The molecule has 1 heterocycles. The van der Waals surface area contributed by atoms with Crippen LogP contribution in [0.3, 0.4) is 0 Å². The van der Waals surface area contributed by atoms with Gasteiger partial charge in [-0.15, -0.1) is 0 Å². The van der Waals surface area contributed by atoms with E-state index in [1.165, 1.54) is 24.0 Å². The van der Waals surface area contributed by atoms with Gasteiger partial charge in [-0.2, -0.15) is 5.26 Å².